The quantitative estimate of drug-likeness (QED) is 0.469. The van der Waals surface area contributed by atoms with E-state index in [1.807, 2.05) is 41.3 Å². The van der Waals surface area contributed by atoms with Crippen LogP contribution in [0.1, 0.15) is 48.9 Å². The van der Waals surface area contributed by atoms with Crippen LogP contribution in [0.2, 0.25) is 0 Å². The van der Waals surface area contributed by atoms with E-state index >= 15 is 0 Å². The maximum atomic E-state index is 13.5. The largest absolute Gasteiger partial charge is 0.395 e. The second-order valence-electron chi connectivity index (χ2n) is 11.1. The van der Waals surface area contributed by atoms with Gasteiger partial charge in [-0.15, -0.1) is 0 Å². The highest BCUT2D eigenvalue weighted by molar-refractivity contribution is 5.98. The molecule has 9 heteroatoms. The molecule has 0 unspecified atom stereocenters. The molecule has 1 aliphatic carbocycles. The van der Waals surface area contributed by atoms with E-state index in [2.05, 4.69) is 5.32 Å². The number of primary amides is 1. The van der Waals surface area contributed by atoms with Crippen molar-refractivity contribution >= 4 is 17.5 Å². The molecule has 0 bridgehead atoms. The molecular formula is C30H35F3N4O2. The van der Waals surface area contributed by atoms with Gasteiger partial charge in [0.05, 0.1) is 5.41 Å². The monoisotopic (exact) mass is 540 g/mol. The Labute approximate surface area is 227 Å². The number of anilines is 1. The molecule has 2 aromatic rings. The van der Waals surface area contributed by atoms with E-state index < -0.39 is 23.5 Å². The van der Waals surface area contributed by atoms with Crippen LogP contribution in [0.15, 0.2) is 60.8 Å². The fraction of sp³-hybridized carbons (Fsp3) is 0.467. The molecule has 208 valence electrons. The van der Waals surface area contributed by atoms with Crippen molar-refractivity contribution in [1.82, 2.24) is 9.80 Å². The number of hydrogen-bond donors (Lipinski definition) is 2. The van der Waals surface area contributed by atoms with E-state index in [-0.39, 0.29) is 25.3 Å². The van der Waals surface area contributed by atoms with Crippen LogP contribution in [0.4, 0.5) is 18.9 Å². The van der Waals surface area contributed by atoms with Crippen molar-refractivity contribution in [2.75, 3.05) is 31.5 Å². The van der Waals surface area contributed by atoms with Crippen molar-refractivity contribution in [3.63, 3.8) is 0 Å². The standard InChI is InChI=1S/C30H35F3N4O2/c31-30(32,33)29(14-2-15-29)20-36-17-12-21(13-18-36)19-35-25-10-8-23(9-11-25)22-4-6-24(7-5-22)28(39)37-16-1-3-26(37)27(34)38/h1,4-11,16,21,26,35H,2-3,12-15,17-20H2,(H2,34,38)/t26-/m0/s1. The second-order valence-corrected chi connectivity index (χ2v) is 11.1. The highest BCUT2D eigenvalue weighted by Crippen LogP contribution is 2.53. The van der Waals surface area contributed by atoms with E-state index in [0.29, 0.717) is 24.3 Å². The van der Waals surface area contributed by atoms with Crippen molar-refractivity contribution in [2.24, 2.45) is 17.1 Å². The summed E-state index contributed by atoms with van der Waals surface area (Å²) in [5.41, 5.74) is 7.40. The molecule has 3 N–H and O–H groups in total. The van der Waals surface area contributed by atoms with Gasteiger partial charge >= 0.3 is 6.18 Å². The smallest absolute Gasteiger partial charge is 0.385 e. The van der Waals surface area contributed by atoms with Crippen LogP contribution in [0.3, 0.4) is 0 Å². The summed E-state index contributed by atoms with van der Waals surface area (Å²) in [6.45, 7) is 2.39. The summed E-state index contributed by atoms with van der Waals surface area (Å²) >= 11 is 0. The molecule has 39 heavy (non-hydrogen) atoms. The van der Waals surface area contributed by atoms with Gasteiger partial charge in [0.25, 0.3) is 5.91 Å². The minimum absolute atomic E-state index is 0.149. The van der Waals surface area contributed by atoms with Gasteiger partial charge in [0, 0.05) is 30.5 Å². The summed E-state index contributed by atoms with van der Waals surface area (Å²) in [6.07, 6.45) is 2.72. The van der Waals surface area contributed by atoms with Crippen LogP contribution in [0.25, 0.3) is 11.1 Å². The first-order valence-electron chi connectivity index (χ1n) is 13.7. The van der Waals surface area contributed by atoms with E-state index in [9.17, 15) is 22.8 Å². The molecule has 1 saturated carbocycles. The number of nitrogens with one attached hydrogen (secondary N) is 1. The van der Waals surface area contributed by atoms with Crippen LogP contribution in [0.5, 0.6) is 0 Å². The number of benzene rings is 2. The Hall–Kier alpha value is -3.33. The molecule has 2 heterocycles. The third kappa shape index (κ3) is 5.83. The fourth-order valence-corrected chi connectivity index (χ4v) is 5.89. The van der Waals surface area contributed by atoms with Crippen LogP contribution < -0.4 is 11.1 Å². The van der Waals surface area contributed by atoms with Crippen molar-refractivity contribution in [2.45, 2.75) is 50.7 Å². The number of carbonyl (C=O) groups is 2. The SMILES string of the molecule is NC(=O)[C@@H]1CC=CN1C(=O)c1ccc(-c2ccc(NCC3CCN(CC4(C(F)(F)F)CCC4)CC3)cc2)cc1. The maximum absolute atomic E-state index is 13.5. The number of alkyl halides is 3. The molecule has 1 saturated heterocycles. The van der Waals surface area contributed by atoms with Crippen LogP contribution in [0, 0.1) is 11.3 Å². The summed E-state index contributed by atoms with van der Waals surface area (Å²) < 4.78 is 40.5. The molecule has 0 spiro atoms. The lowest BCUT2D eigenvalue weighted by Gasteiger charge is -2.47. The molecule has 3 aliphatic rings. The summed E-state index contributed by atoms with van der Waals surface area (Å²) in [5, 5.41) is 3.48. The predicted octanol–water partition coefficient (Wildman–Crippen LogP) is 5.42. The maximum Gasteiger partial charge on any atom is 0.395 e. The molecule has 2 aliphatic heterocycles. The van der Waals surface area contributed by atoms with Crippen LogP contribution >= 0.6 is 0 Å². The van der Waals surface area contributed by atoms with Gasteiger partial charge in [-0.2, -0.15) is 13.2 Å². The summed E-state index contributed by atoms with van der Waals surface area (Å²) in [5.74, 6) is -0.340. The normalized spacial score (nSPS) is 21.5. The van der Waals surface area contributed by atoms with Gasteiger partial charge in [0.1, 0.15) is 6.04 Å². The average molecular weight is 541 g/mol. The molecule has 6 nitrogen and oxygen atoms in total. The van der Waals surface area contributed by atoms with E-state index in [1.54, 1.807) is 24.4 Å². The minimum atomic E-state index is -4.10. The van der Waals surface area contributed by atoms with Gasteiger partial charge in [-0.05, 0) is 86.5 Å². The average Bonchev–Trinajstić information content (AvgIpc) is 3.40. The van der Waals surface area contributed by atoms with Gasteiger partial charge in [-0.25, -0.2) is 0 Å². The number of rotatable bonds is 8. The first-order chi connectivity index (χ1) is 18.6. The van der Waals surface area contributed by atoms with Gasteiger partial charge in [0.2, 0.25) is 5.91 Å². The fourth-order valence-electron chi connectivity index (χ4n) is 5.89. The van der Waals surface area contributed by atoms with Crippen molar-refractivity contribution < 1.29 is 22.8 Å². The molecule has 2 fully saturated rings. The number of hydrogen-bond acceptors (Lipinski definition) is 4. The van der Waals surface area contributed by atoms with Gasteiger partial charge < -0.3 is 20.9 Å². The number of nitrogens with zero attached hydrogens (tertiary/aromatic N) is 2. The third-order valence-corrected chi connectivity index (χ3v) is 8.61. The van der Waals surface area contributed by atoms with E-state index in [1.165, 1.54) is 4.90 Å². The Kier molecular flexibility index (Phi) is 7.71. The number of likely N-dealkylation sites (tertiary alicyclic amines) is 1. The summed E-state index contributed by atoms with van der Waals surface area (Å²) in [7, 11) is 0. The molecule has 5 rings (SSSR count). The molecule has 0 aromatic heterocycles. The van der Waals surface area contributed by atoms with Crippen molar-refractivity contribution in [3.8, 4) is 11.1 Å². The Bertz CT molecular complexity index is 1200. The Morgan fingerprint density at radius 2 is 1.59 bits per heavy atom. The van der Waals surface area contributed by atoms with Crippen LogP contribution in [-0.4, -0.2) is 60.0 Å². The lowest BCUT2D eigenvalue weighted by molar-refractivity contribution is -0.256. The van der Waals surface area contributed by atoms with Crippen molar-refractivity contribution in [3.05, 3.63) is 66.4 Å². The first-order valence-corrected chi connectivity index (χ1v) is 13.7. The zero-order valence-corrected chi connectivity index (χ0v) is 21.9. The van der Waals surface area contributed by atoms with Crippen molar-refractivity contribution in [1.29, 1.82) is 0 Å². The lowest BCUT2D eigenvalue weighted by Crippen LogP contribution is -2.53. The molecule has 2 amide bonds. The summed E-state index contributed by atoms with van der Waals surface area (Å²) in [4.78, 5) is 27.8. The van der Waals surface area contributed by atoms with Gasteiger partial charge in [-0.3, -0.25) is 9.59 Å². The summed E-state index contributed by atoms with van der Waals surface area (Å²) in [6, 6.07) is 14.7. The molecular weight excluding hydrogens is 505 g/mol. The number of nitrogens with two attached hydrogens (primary N) is 1. The third-order valence-electron chi connectivity index (χ3n) is 8.61. The predicted molar refractivity (Wildman–Crippen MR) is 145 cm³/mol. The number of amides is 2. The van der Waals surface area contributed by atoms with E-state index in [4.69, 9.17) is 5.73 Å². The topological polar surface area (TPSA) is 78.7 Å². The zero-order valence-electron chi connectivity index (χ0n) is 21.9. The molecule has 0 radical (unpaired) electrons. The highest BCUT2D eigenvalue weighted by Gasteiger charge is 2.58. The van der Waals surface area contributed by atoms with Gasteiger partial charge in [-0.1, -0.05) is 36.8 Å². The minimum Gasteiger partial charge on any atom is -0.385 e. The first kappa shape index (κ1) is 27.2. The molecule has 1 atom stereocenters. The van der Waals surface area contributed by atoms with E-state index in [0.717, 1.165) is 49.3 Å². The number of piperidine rings is 1. The Morgan fingerprint density at radius 1 is 0.974 bits per heavy atom. The second kappa shape index (κ2) is 11.0. The Morgan fingerprint density at radius 3 is 2.13 bits per heavy atom. The van der Waals surface area contributed by atoms with Gasteiger partial charge in [0.15, 0.2) is 0 Å². The number of carbonyl (C=O) groups excluding carboxylic acids is 2. The molecule has 2 aromatic carbocycles. The Balaban J connectivity index is 1.10. The van der Waals surface area contributed by atoms with Crippen LogP contribution in [-0.2, 0) is 4.79 Å². The zero-order chi connectivity index (χ0) is 27.6. The lowest BCUT2D eigenvalue weighted by atomic mass is 9.67. The highest BCUT2D eigenvalue weighted by atomic mass is 19.4. The number of halogens is 3.